The topological polar surface area (TPSA) is 29.5 Å². The van der Waals surface area contributed by atoms with Crippen molar-refractivity contribution in [2.45, 2.75) is 11.5 Å². The number of halogens is 1. The number of carbonyl (C=O) groups is 1. The Kier molecular flexibility index (Phi) is 2.28. The smallest absolute Gasteiger partial charge is 0.411 e. The number of hydrogen-bond acceptors (Lipinski definition) is 3. The number of rotatable bonds is 1. The van der Waals surface area contributed by atoms with Gasteiger partial charge in [-0.2, -0.15) is 0 Å². The summed E-state index contributed by atoms with van der Waals surface area (Å²) in [5.41, 5.74) is 0.858. The van der Waals surface area contributed by atoms with Crippen LogP contribution in [-0.2, 0) is 4.74 Å². The van der Waals surface area contributed by atoms with Crippen molar-refractivity contribution in [2.75, 3.05) is 12.3 Å². The van der Waals surface area contributed by atoms with Gasteiger partial charge in [0, 0.05) is 12.3 Å². The van der Waals surface area contributed by atoms with E-state index in [0.717, 1.165) is 17.9 Å². The van der Waals surface area contributed by atoms with Crippen molar-refractivity contribution in [3.63, 3.8) is 0 Å². The van der Waals surface area contributed by atoms with E-state index in [-0.39, 0.29) is 23.4 Å². The molecule has 2 aliphatic heterocycles. The molecule has 16 heavy (non-hydrogen) atoms. The minimum atomic E-state index is -0.274. The molecule has 5 heteroatoms. The molecule has 2 fully saturated rings. The lowest BCUT2D eigenvalue weighted by atomic mass is 10.1. The first-order valence-electron chi connectivity index (χ1n) is 5.10. The summed E-state index contributed by atoms with van der Waals surface area (Å²) in [4.78, 5) is 13.3. The molecule has 1 amide bonds. The summed E-state index contributed by atoms with van der Waals surface area (Å²) in [6, 6.07) is 6.14. The lowest BCUT2D eigenvalue weighted by Gasteiger charge is -2.15. The summed E-state index contributed by atoms with van der Waals surface area (Å²) < 4.78 is 18.1. The Morgan fingerprint density at radius 2 is 2.12 bits per heavy atom. The van der Waals surface area contributed by atoms with Gasteiger partial charge in [0.25, 0.3) is 0 Å². The number of ether oxygens (including phenoxy) is 1. The first-order chi connectivity index (χ1) is 7.75. The number of carbonyl (C=O) groups excluding carboxylic acids is 1. The normalized spacial score (nSPS) is 28.1. The van der Waals surface area contributed by atoms with Crippen LogP contribution in [0.15, 0.2) is 24.3 Å². The van der Waals surface area contributed by atoms with Gasteiger partial charge in [-0.25, -0.2) is 9.18 Å². The minimum Gasteiger partial charge on any atom is -0.438 e. The monoisotopic (exact) mass is 239 g/mol. The van der Waals surface area contributed by atoms with Crippen molar-refractivity contribution in [3.8, 4) is 0 Å². The van der Waals surface area contributed by atoms with Crippen LogP contribution in [0.1, 0.15) is 11.7 Å². The van der Waals surface area contributed by atoms with Crippen molar-refractivity contribution in [1.29, 1.82) is 0 Å². The standard InChI is InChI=1S/C11H10FNO2S/c12-8-3-1-7(2-4-8)9-10-13(5-6-16-10)11(14)15-9/h1-4,9-10H,5-6H2. The van der Waals surface area contributed by atoms with Gasteiger partial charge in [-0.1, -0.05) is 12.1 Å². The van der Waals surface area contributed by atoms with Gasteiger partial charge in [0.05, 0.1) is 0 Å². The quantitative estimate of drug-likeness (QED) is 0.753. The van der Waals surface area contributed by atoms with E-state index in [1.165, 1.54) is 12.1 Å². The maximum atomic E-state index is 12.8. The lowest BCUT2D eigenvalue weighted by molar-refractivity contribution is 0.132. The highest BCUT2D eigenvalue weighted by atomic mass is 32.2. The highest BCUT2D eigenvalue weighted by Gasteiger charge is 2.45. The van der Waals surface area contributed by atoms with E-state index in [0.29, 0.717) is 0 Å². The fourth-order valence-corrected chi connectivity index (χ4v) is 3.36. The highest BCUT2D eigenvalue weighted by Crippen LogP contribution is 2.42. The average Bonchev–Trinajstić information content (AvgIpc) is 2.84. The fourth-order valence-electron chi connectivity index (χ4n) is 2.05. The van der Waals surface area contributed by atoms with Crippen LogP contribution in [0, 0.1) is 5.82 Å². The molecule has 3 nitrogen and oxygen atoms in total. The zero-order valence-corrected chi connectivity index (χ0v) is 9.24. The molecule has 84 valence electrons. The number of thioether (sulfide) groups is 1. The molecule has 2 heterocycles. The number of hydrogen-bond donors (Lipinski definition) is 0. The van der Waals surface area contributed by atoms with Gasteiger partial charge in [0.1, 0.15) is 11.2 Å². The molecule has 0 saturated carbocycles. The summed E-state index contributed by atoms with van der Waals surface area (Å²) in [5.74, 6) is 0.668. The largest absolute Gasteiger partial charge is 0.438 e. The third kappa shape index (κ3) is 1.46. The molecule has 3 rings (SSSR count). The Hall–Kier alpha value is -1.23. The zero-order valence-electron chi connectivity index (χ0n) is 8.43. The molecule has 0 N–H and O–H groups in total. The predicted molar refractivity (Wildman–Crippen MR) is 58.6 cm³/mol. The van der Waals surface area contributed by atoms with Crippen LogP contribution >= 0.6 is 11.8 Å². The van der Waals surface area contributed by atoms with Gasteiger partial charge in [0.15, 0.2) is 6.10 Å². The maximum absolute atomic E-state index is 12.8. The third-order valence-corrected chi connectivity index (χ3v) is 4.11. The van der Waals surface area contributed by atoms with E-state index in [2.05, 4.69) is 0 Å². The Morgan fingerprint density at radius 3 is 2.88 bits per heavy atom. The van der Waals surface area contributed by atoms with Crippen molar-refractivity contribution in [3.05, 3.63) is 35.6 Å². The predicted octanol–water partition coefficient (Wildman–Crippen LogP) is 2.39. The van der Waals surface area contributed by atoms with E-state index in [1.807, 2.05) is 0 Å². The maximum Gasteiger partial charge on any atom is 0.411 e. The number of cyclic esters (lactones) is 1. The van der Waals surface area contributed by atoms with Crippen LogP contribution in [0.3, 0.4) is 0 Å². The number of amides is 1. The molecule has 1 aromatic carbocycles. The van der Waals surface area contributed by atoms with Gasteiger partial charge in [-0.3, -0.25) is 4.90 Å². The number of benzene rings is 1. The molecular weight excluding hydrogens is 229 g/mol. The second-order valence-electron chi connectivity index (χ2n) is 3.81. The van der Waals surface area contributed by atoms with E-state index >= 15 is 0 Å². The minimum absolute atomic E-state index is 0.0537. The third-order valence-electron chi connectivity index (χ3n) is 2.85. The molecule has 0 aromatic heterocycles. The Balaban J connectivity index is 1.90. The molecule has 0 spiro atoms. The van der Waals surface area contributed by atoms with E-state index in [1.54, 1.807) is 28.8 Å². The van der Waals surface area contributed by atoms with E-state index < -0.39 is 0 Å². The summed E-state index contributed by atoms with van der Waals surface area (Å²) in [7, 11) is 0. The number of nitrogens with zero attached hydrogens (tertiary/aromatic N) is 1. The summed E-state index contributed by atoms with van der Waals surface area (Å²) in [6.45, 7) is 0.742. The molecular formula is C11H10FNO2S. The molecule has 2 saturated heterocycles. The first kappa shape index (κ1) is 9.96. The molecule has 0 aliphatic carbocycles. The van der Waals surface area contributed by atoms with Gasteiger partial charge in [-0.05, 0) is 17.7 Å². The van der Waals surface area contributed by atoms with Crippen molar-refractivity contribution >= 4 is 17.9 Å². The second kappa shape index (κ2) is 3.66. The zero-order chi connectivity index (χ0) is 11.1. The molecule has 1 aromatic rings. The van der Waals surface area contributed by atoms with Crippen LogP contribution in [0.25, 0.3) is 0 Å². The van der Waals surface area contributed by atoms with E-state index in [4.69, 9.17) is 4.74 Å². The molecule has 0 bridgehead atoms. The van der Waals surface area contributed by atoms with Gasteiger partial charge >= 0.3 is 6.09 Å². The van der Waals surface area contributed by atoms with Crippen LogP contribution < -0.4 is 0 Å². The second-order valence-corrected chi connectivity index (χ2v) is 5.04. The van der Waals surface area contributed by atoms with Crippen LogP contribution in [-0.4, -0.2) is 28.7 Å². The van der Waals surface area contributed by atoms with Crippen LogP contribution in [0.2, 0.25) is 0 Å². The van der Waals surface area contributed by atoms with Gasteiger partial charge < -0.3 is 4.74 Å². The molecule has 2 unspecified atom stereocenters. The molecule has 0 radical (unpaired) electrons. The van der Waals surface area contributed by atoms with E-state index in [9.17, 15) is 9.18 Å². The average molecular weight is 239 g/mol. The summed E-state index contributed by atoms with van der Waals surface area (Å²) in [5, 5.41) is 0.0537. The van der Waals surface area contributed by atoms with Crippen molar-refractivity contribution < 1.29 is 13.9 Å². The highest BCUT2D eigenvalue weighted by molar-refractivity contribution is 8.00. The van der Waals surface area contributed by atoms with Crippen molar-refractivity contribution in [2.24, 2.45) is 0 Å². The van der Waals surface area contributed by atoms with Gasteiger partial charge in [0.2, 0.25) is 0 Å². The van der Waals surface area contributed by atoms with Crippen LogP contribution in [0.4, 0.5) is 9.18 Å². The Labute approximate surface area is 96.6 Å². The van der Waals surface area contributed by atoms with Gasteiger partial charge in [-0.15, -0.1) is 11.8 Å². The Morgan fingerprint density at radius 1 is 1.38 bits per heavy atom. The molecule has 2 aliphatic rings. The summed E-state index contributed by atoms with van der Waals surface area (Å²) in [6.07, 6.45) is -0.523. The SMILES string of the molecule is O=C1OC(c2ccc(F)cc2)C2SCCN12. The molecule has 2 atom stereocenters. The Bertz CT molecular complexity index is 422. The first-order valence-corrected chi connectivity index (χ1v) is 6.15. The van der Waals surface area contributed by atoms with Crippen LogP contribution in [0.5, 0.6) is 0 Å². The number of fused-ring (bicyclic) bond motifs is 1. The summed E-state index contributed by atoms with van der Waals surface area (Å²) >= 11 is 1.71. The van der Waals surface area contributed by atoms with Crippen molar-refractivity contribution in [1.82, 2.24) is 4.90 Å². The lowest BCUT2D eigenvalue weighted by Crippen LogP contribution is -2.26. The fraction of sp³-hybridized carbons (Fsp3) is 0.364.